The van der Waals surface area contributed by atoms with Gasteiger partial charge in [-0.3, -0.25) is 4.79 Å². The number of halogens is 1. The Hall–Kier alpha value is -3.59. The second-order valence-corrected chi connectivity index (χ2v) is 7.78. The Kier molecular flexibility index (Phi) is 8.48. The van der Waals surface area contributed by atoms with Crippen LogP contribution in [0.4, 0.5) is 14.9 Å². The summed E-state index contributed by atoms with van der Waals surface area (Å²) >= 11 is 0. The highest BCUT2D eigenvalue weighted by atomic mass is 19.1. The van der Waals surface area contributed by atoms with E-state index in [1.54, 1.807) is 30.3 Å². The normalized spacial score (nSPS) is 11.0. The number of anilines is 1. The minimum Gasteiger partial charge on any atom is -0.493 e. The molecule has 0 saturated carbocycles. The number of carbonyl (C=O) groups is 1. The maximum Gasteiger partial charge on any atom is 0.322 e. The number of H-pyrrole nitrogens is 1. The van der Waals surface area contributed by atoms with Gasteiger partial charge in [0.1, 0.15) is 5.82 Å². The molecule has 0 atom stereocenters. The van der Waals surface area contributed by atoms with Crippen molar-refractivity contribution >= 4 is 22.6 Å². The minimum atomic E-state index is -0.524. The fourth-order valence-corrected chi connectivity index (χ4v) is 3.71. The Labute approximate surface area is 198 Å². The molecule has 2 N–H and O–H groups in total. The molecule has 34 heavy (non-hydrogen) atoms. The molecule has 9 heteroatoms. The molecule has 0 fully saturated rings. The van der Waals surface area contributed by atoms with Gasteiger partial charge < -0.3 is 29.6 Å². The lowest BCUT2D eigenvalue weighted by Crippen LogP contribution is -2.41. The summed E-state index contributed by atoms with van der Waals surface area (Å²) in [5, 5.41) is 3.37. The summed E-state index contributed by atoms with van der Waals surface area (Å²) < 4.78 is 24.8. The highest BCUT2D eigenvalue weighted by molar-refractivity contribution is 5.89. The van der Waals surface area contributed by atoms with Gasteiger partial charge in [0.25, 0.3) is 5.56 Å². The molecule has 0 unspecified atom stereocenters. The maximum atomic E-state index is 14.1. The third-order valence-electron chi connectivity index (χ3n) is 5.77. The number of hydrogen-bond acceptors (Lipinski definition) is 5. The molecule has 8 nitrogen and oxygen atoms in total. The van der Waals surface area contributed by atoms with Crippen LogP contribution in [0, 0.1) is 5.82 Å². The van der Waals surface area contributed by atoms with Crippen molar-refractivity contribution in [2.75, 3.05) is 45.7 Å². The minimum absolute atomic E-state index is 0.0567. The Morgan fingerprint density at radius 3 is 2.35 bits per heavy atom. The summed E-state index contributed by atoms with van der Waals surface area (Å²) in [6.45, 7) is 6.79. The van der Waals surface area contributed by atoms with E-state index in [9.17, 15) is 14.0 Å². The van der Waals surface area contributed by atoms with Crippen molar-refractivity contribution in [2.45, 2.75) is 20.4 Å². The fraction of sp³-hybridized carbons (Fsp3) is 0.360. The third-order valence-corrected chi connectivity index (χ3v) is 5.77. The number of aromatic amines is 1. The SMILES string of the molecule is CCN(CC)CCN(Cc1cc2cc(OC)c(OC)cc2[nH]c1=O)C(=O)Nc1ccccc1F. The number of hydrogen-bond donors (Lipinski definition) is 2. The van der Waals surface area contributed by atoms with Gasteiger partial charge in [0, 0.05) is 30.1 Å². The van der Waals surface area contributed by atoms with Crippen molar-refractivity contribution in [2.24, 2.45) is 0 Å². The topological polar surface area (TPSA) is 86.9 Å². The molecule has 2 amide bonds. The summed E-state index contributed by atoms with van der Waals surface area (Å²) in [5.74, 6) is 0.510. The largest absolute Gasteiger partial charge is 0.493 e. The van der Waals surface area contributed by atoms with Crippen molar-refractivity contribution in [3.05, 3.63) is 64.2 Å². The Morgan fingerprint density at radius 2 is 1.71 bits per heavy atom. The number of aromatic nitrogens is 1. The van der Waals surface area contributed by atoms with E-state index in [2.05, 4.69) is 15.2 Å². The number of urea groups is 1. The molecule has 0 bridgehead atoms. The van der Waals surface area contributed by atoms with Crippen LogP contribution in [-0.4, -0.2) is 61.2 Å². The van der Waals surface area contributed by atoms with Gasteiger partial charge in [-0.25, -0.2) is 9.18 Å². The lowest BCUT2D eigenvalue weighted by Gasteiger charge is -2.27. The van der Waals surface area contributed by atoms with Crippen molar-refractivity contribution in [1.29, 1.82) is 0 Å². The quantitative estimate of drug-likeness (QED) is 0.467. The van der Waals surface area contributed by atoms with Crippen LogP contribution in [0.25, 0.3) is 10.9 Å². The lowest BCUT2D eigenvalue weighted by atomic mass is 10.1. The summed E-state index contributed by atoms with van der Waals surface area (Å²) in [7, 11) is 3.07. The fourth-order valence-electron chi connectivity index (χ4n) is 3.71. The summed E-state index contributed by atoms with van der Waals surface area (Å²) in [4.78, 5) is 32.5. The van der Waals surface area contributed by atoms with Crippen molar-refractivity contribution in [3.8, 4) is 11.5 Å². The Morgan fingerprint density at radius 1 is 1.03 bits per heavy atom. The van der Waals surface area contributed by atoms with Crippen LogP contribution >= 0.6 is 0 Å². The lowest BCUT2D eigenvalue weighted by molar-refractivity contribution is 0.194. The number of fused-ring (bicyclic) bond motifs is 1. The highest BCUT2D eigenvalue weighted by Crippen LogP contribution is 2.31. The number of nitrogens with one attached hydrogen (secondary N) is 2. The van der Waals surface area contributed by atoms with E-state index in [4.69, 9.17) is 9.47 Å². The smallest absolute Gasteiger partial charge is 0.322 e. The number of likely N-dealkylation sites (N-methyl/N-ethyl adjacent to an activating group) is 1. The molecule has 0 saturated heterocycles. The van der Waals surface area contributed by atoms with Crippen LogP contribution in [0.1, 0.15) is 19.4 Å². The monoisotopic (exact) mass is 470 g/mol. The van der Waals surface area contributed by atoms with E-state index in [1.165, 1.54) is 31.3 Å². The molecule has 1 aromatic heterocycles. The van der Waals surface area contributed by atoms with E-state index in [0.29, 0.717) is 35.7 Å². The van der Waals surface area contributed by atoms with E-state index < -0.39 is 11.8 Å². The number of ether oxygens (including phenoxy) is 2. The molecule has 3 aromatic rings. The van der Waals surface area contributed by atoms with Gasteiger partial charge in [0.15, 0.2) is 11.5 Å². The predicted octanol–water partition coefficient (Wildman–Crippen LogP) is 4.06. The number of para-hydroxylation sites is 1. The first-order chi connectivity index (χ1) is 16.4. The van der Waals surface area contributed by atoms with Crippen LogP contribution < -0.4 is 20.3 Å². The summed E-state index contributed by atoms with van der Waals surface area (Å²) in [6.07, 6.45) is 0. The van der Waals surface area contributed by atoms with E-state index in [1.807, 2.05) is 13.8 Å². The average Bonchev–Trinajstić information content (AvgIpc) is 2.84. The molecule has 0 aliphatic carbocycles. The molecule has 182 valence electrons. The molecule has 0 radical (unpaired) electrons. The summed E-state index contributed by atoms with van der Waals surface area (Å²) in [6, 6.07) is 10.7. The third kappa shape index (κ3) is 5.85. The van der Waals surface area contributed by atoms with E-state index in [0.717, 1.165) is 18.5 Å². The Balaban J connectivity index is 1.92. The zero-order valence-corrected chi connectivity index (χ0v) is 20.0. The number of nitrogens with zero attached hydrogens (tertiary/aromatic N) is 2. The molecular formula is C25H31FN4O4. The Bertz CT molecular complexity index is 1190. The van der Waals surface area contributed by atoms with Crippen LogP contribution in [0.15, 0.2) is 47.3 Å². The molecule has 0 aliphatic rings. The van der Waals surface area contributed by atoms with Crippen LogP contribution in [0.2, 0.25) is 0 Å². The van der Waals surface area contributed by atoms with Crippen molar-refractivity contribution in [1.82, 2.24) is 14.8 Å². The number of pyridine rings is 1. The van der Waals surface area contributed by atoms with Gasteiger partial charge in [0.05, 0.1) is 32.0 Å². The molecule has 2 aromatic carbocycles. The maximum absolute atomic E-state index is 14.1. The zero-order valence-electron chi connectivity index (χ0n) is 20.0. The van der Waals surface area contributed by atoms with Crippen LogP contribution in [0.5, 0.6) is 11.5 Å². The second kappa shape index (κ2) is 11.5. The first-order valence-corrected chi connectivity index (χ1v) is 11.2. The summed E-state index contributed by atoms with van der Waals surface area (Å²) in [5.41, 5.74) is 0.774. The van der Waals surface area contributed by atoms with Gasteiger partial charge >= 0.3 is 6.03 Å². The van der Waals surface area contributed by atoms with Gasteiger partial charge in [-0.05, 0) is 37.4 Å². The number of amides is 2. The van der Waals surface area contributed by atoms with Crippen molar-refractivity contribution < 1.29 is 18.7 Å². The van der Waals surface area contributed by atoms with E-state index >= 15 is 0 Å². The van der Waals surface area contributed by atoms with Gasteiger partial charge in [-0.1, -0.05) is 26.0 Å². The second-order valence-electron chi connectivity index (χ2n) is 7.78. The van der Waals surface area contributed by atoms with Crippen LogP contribution in [-0.2, 0) is 6.54 Å². The zero-order chi connectivity index (χ0) is 24.7. The number of benzene rings is 2. The van der Waals surface area contributed by atoms with E-state index in [-0.39, 0.29) is 17.8 Å². The molecule has 0 spiro atoms. The van der Waals surface area contributed by atoms with Crippen molar-refractivity contribution in [3.63, 3.8) is 0 Å². The number of carbonyl (C=O) groups excluding carboxylic acids is 1. The number of methoxy groups -OCH3 is 2. The standard InChI is InChI=1S/C25H31FN4O4/c1-5-29(6-2)11-12-30(25(32)28-20-10-8-7-9-19(20)26)16-18-13-17-14-22(33-3)23(34-4)15-21(17)27-24(18)31/h7-10,13-15H,5-6,11-12,16H2,1-4H3,(H,27,31)(H,28,32). The average molecular weight is 471 g/mol. The molecule has 3 rings (SSSR count). The first-order valence-electron chi connectivity index (χ1n) is 11.2. The molecule has 0 aliphatic heterocycles. The highest BCUT2D eigenvalue weighted by Gasteiger charge is 2.19. The number of rotatable bonds is 10. The van der Waals surface area contributed by atoms with Gasteiger partial charge in [-0.15, -0.1) is 0 Å². The molecule has 1 heterocycles. The predicted molar refractivity (Wildman–Crippen MR) is 131 cm³/mol. The first kappa shape index (κ1) is 25.0. The van der Waals surface area contributed by atoms with Gasteiger partial charge in [-0.2, -0.15) is 0 Å². The van der Waals surface area contributed by atoms with Crippen LogP contribution in [0.3, 0.4) is 0 Å². The van der Waals surface area contributed by atoms with Gasteiger partial charge in [0.2, 0.25) is 0 Å². The molecular weight excluding hydrogens is 439 g/mol.